The SMILES string of the molecule is CCC1CCCCN1C(c1cccs1)C(C)N. The van der Waals surface area contributed by atoms with Crippen LogP contribution in [-0.4, -0.2) is 23.5 Å². The predicted molar refractivity (Wildman–Crippen MR) is 75.3 cm³/mol. The van der Waals surface area contributed by atoms with Crippen molar-refractivity contribution in [3.8, 4) is 0 Å². The number of hydrogen-bond donors (Lipinski definition) is 1. The topological polar surface area (TPSA) is 29.3 Å². The monoisotopic (exact) mass is 252 g/mol. The highest BCUT2D eigenvalue weighted by Crippen LogP contribution is 2.33. The summed E-state index contributed by atoms with van der Waals surface area (Å²) in [6, 6.07) is 5.73. The summed E-state index contributed by atoms with van der Waals surface area (Å²) >= 11 is 1.84. The lowest BCUT2D eigenvalue weighted by Crippen LogP contribution is -2.47. The molecule has 17 heavy (non-hydrogen) atoms. The summed E-state index contributed by atoms with van der Waals surface area (Å²) in [5.41, 5.74) is 6.24. The molecule has 2 N–H and O–H groups in total. The second kappa shape index (κ2) is 5.98. The van der Waals surface area contributed by atoms with Crippen molar-refractivity contribution < 1.29 is 0 Å². The van der Waals surface area contributed by atoms with Crippen LogP contribution in [0, 0.1) is 0 Å². The molecule has 1 aromatic rings. The molecule has 1 aromatic heterocycles. The van der Waals surface area contributed by atoms with Crippen LogP contribution in [0.25, 0.3) is 0 Å². The van der Waals surface area contributed by atoms with Gasteiger partial charge in [-0.25, -0.2) is 0 Å². The molecule has 1 aliphatic heterocycles. The van der Waals surface area contributed by atoms with Crippen LogP contribution in [0.5, 0.6) is 0 Å². The summed E-state index contributed by atoms with van der Waals surface area (Å²) in [4.78, 5) is 4.08. The number of likely N-dealkylation sites (tertiary alicyclic amines) is 1. The van der Waals surface area contributed by atoms with Gasteiger partial charge >= 0.3 is 0 Å². The zero-order valence-corrected chi connectivity index (χ0v) is 11.7. The smallest absolute Gasteiger partial charge is 0.0593 e. The molecular formula is C14H24N2S. The Morgan fingerprint density at radius 1 is 1.53 bits per heavy atom. The van der Waals surface area contributed by atoms with Gasteiger partial charge in [-0.05, 0) is 44.2 Å². The van der Waals surface area contributed by atoms with Gasteiger partial charge in [0.2, 0.25) is 0 Å². The van der Waals surface area contributed by atoms with Gasteiger partial charge in [-0.2, -0.15) is 0 Å². The average molecular weight is 252 g/mol. The predicted octanol–water partition coefficient (Wildman–Crippen LogP) is 3.40. The molecule has 1 saturated heterocycles. The van der Waals surface area contributed by atoms with E-state index in [1.54, 1.807) is 0 Å². The second-order valence-electron chi connectivity index (χ2n) is 5.12. The van der Waals surface area contributed by atoms with E-state index in [1.165, 1.54) is 37.1 Å². The van der Waals surface area contributed by atoms with Crippen LogP contribution in [0.2, 0.25) is 0 Å². The van der Waals surface area contributed by atoms with E-state index < -0.39 is 0 Å². The molecule has 0 aromatic carbocycles. The lowest BCUT2D eigenvalue weighted by atomic mass is 9.95. The first-order valence-corrected chi connectivity index (χ1v) is 7.66. The molecule has 0 aliphatic carbocycles. The van der Waals surface area contributed by atoms with Gasteiger partial charge in [0.25, 0.3) is 0 Å². The Kier molecular flexibility index (Phi) is 4.60. The molecule has 96 valence electrons. The molecule has 0 spiro atoms. The molecule has 2 nitrogen and oxygen atoms in total. The van der Waals surface area contributed by atoms with Gasteiger partial charge in [-0.3, -0.25) is 4.90 Å². The minimum Gasteiger partial charge on any atom is -0.326 e. The van der Waals surface area contributed by atoms with Crippen molar-refractivity contribution in [2.24, 2.45) is 5.73 Å². The van der Waals surface area contributed by atoms with Crippen LogP contribution < -0.4 is 5.73 Å². The van der Waals surface area contributed by atoms with Gasteiger partial charge in [-0.1, -0.05) is 19.4 Å². The summed E-state index contributed by atoms with van der Waals surface area (Å²) in [7, 11) is 0. The number of nitrogens with zero attached hydrogens (tertiary/aromatic N) is 1. The van der Waals surface area contributed by atoms with Crippen LogP contribution >= 0.6 is 11.3 Å². The number of piperidine rings is 1. The van der Waals surface area contributed by atoms with Crippen molar-refractivity contribution in [2.45, 2.75) is 57.7 Å². The fourth-order valence-corrected chi connectivity index (χ4v) is 3.97. The Balaban J connectivity index is 2.20. The van der Waals surface area contributed by atoms with E-state index >= 15 is 0 Å². The standard InChI is InChI=1S/C14H24N2S/c1-3-12-7-4-5-9-16(12)14(11(2)15)13-8-6-10-17-13/h6,8,10-12,14H,3-5,7,9,15H2,1-2H3. The summed E-state index contributed by atoms with van der Waals surface area (Å²) in [6.45, 7) is 5.66. The largest absolute Gasteiger partial charge is 0.326 e. The van der Waals surface area contributed by atoms with E-state index in [0.29, 0.717) is 6.04 Å². The molecule has 1 aliphatic rings. The molecule has 0 radical (unpaired) electrons. The van der Waals surface area contributed by atoms with Crippen LogP contribution in [-0.2, 0) is 0 Å². The average Bonchev–Trinajstić information content (AvgIpc) is 2.83. The third-order valence-corrected chi connectivity index (χ3v) is 4.78. The fourth-order valence-electron chi connectivity index (χ4n) is 3.01. The van der Waals surface area contributed by atoms with Gasteiger partial charge in [0.1, 0.15) is 0 Å². The minimum atomic E-state index is 0.209. The van der Waals surface area contributed by atoms with Crippen LogP contribution in [0.4, 0.5) is 0 Å². The molecule has 0 bridgehead atoms. The Morgan fingerprint density at radius 2 is 2.35 bits per heavy atom. The van der Waals surface area contributed by atoms with Crippen molar-refractivity contribution >= 4 is 11.3 Å². The van der Waals surface area contributed by atoms with Gasteiger partial charge in [0.05, 0.1) is 6.04 Å². The fraction of sp³-hybridized carbons (Fsp3) is 0.714. The van der Waals surface area contributed by atoms with E-state index in [9.17, 15) is 0 Å². The lowest BCUT2D eigenvalue weighted by molar-refractivity contribution is 0.0815. The van der Waals surface area contributed by atoms with Crippen molar-refractivity contribution in [2.75, 3.05) is 6.54 Å². The number of rotatable bonds is 4. The molecule has 0 amide bonds. The maximum atomic E-state index is 6.24. The summed E-state index contributed by atoms with van der Waals surface area (Å²) in [5, 5.41) is 2.16. The molecular weight excluding hydrogens is 228 g/mol. The number of thiophene rings is 1. The van der Waals surface area contributed by atoms with E-state index in [-0.39, 0.29) is 6.04 Å². The van der Waals surface area contributed by atoms with Gasteiger partial charge in [0, 0.05) is 17.0 Å². The minimum absolute atomic E-state index is 0.209. The zero-order valence-electron chi connectivity index (χ0n) is 10.9. The van der Waals surface area contributed by atoms with Crippen molar-refractivity contribution in [3.05, 3.63) is 22.4 Å². The van der Waals surface area contributed by atoms with Gasteiger partial charge < -0.3 is 5.73 Å². The first-order chi connectivity index (χ1) is 8.24. The first kappa shape index (κ1) is 13.1. The maximum absolute atomic E-state index is 6.24. The van der Waals surface area contributed by atoms with E-state index in [0.717, 1.165) is 6.04 Å². The van der Waals surface area contributed by atoms with E-state index in [2.05, 4.69) is 36.3 Å². The summed E-state index contributed by atoms with van der Waals surface area (Å²) < 4.78 is 0. The molecule has 1 fully saturated rings. The molecule has 2 rings (SSSR count). The van der Waals surface area contributed by atoms with Gasteiger partial charge in [-0.15, -0.1) is 11.3 Å². The van der Waals surface area contributed by atoms with Crippen LogP contribution in [0.15, 0.2) is 17.5 Å². The van der Waals surface area contributed by atoms with Crippen LogP contribution in [0.1, 0.15) is 50.4 Å². The Morgan fingerprint density at radius 3 is 2.94 bits per heavy atom. The maximum Gasteiger partial charge on any atom is 0.0593 e. The molecule has 0 saturated carbocycles. The Labute approximate surface area is 109 Å². The molecule has 3 heteroatoms. The van der Waals surface area contributed by atoms with Gasteiger partial charge in [0.15, 0.2) is 0 Å². The van der Waals surface area contributed by atoms with Crippen LogP contribution in [0.3, 0.4) is 0 Å². The van der Waals surface area contributed by atoms with Crippen molar-refractivity contribution in [1.29, 1.82) is 0 Å². The van der Waals surface area contributed by atoms with E-state index in [4.69, 9.17) is 5.73 Å². The highest BCUT2D eigenvalue weighted by molar-refractivity contribution is 7.10. The van der Waals surface area contributed by atoms with E-state index in [1.807, 2.05) is 11.3 Å². The highest BCUT2D eigenvalue weighted by atomic mass is 32.1. The third kappa shape index (κ3) is 2.90. The number of hydrogen-bond acceptors (Lipinski definition) is 3. The normalized spacial score (nSPS) is 25.7. The quantitative estimate of drug-likeness (QED) is 0.890. The molecule has 2 heterocycles. The van der Waals surface area contributed by atoms with Crippen molar-refractivity contribution in [3.63, 3.8) is 0 Å². The third-order valence-electron chi connectivity index (χ3n) is 3.83. The molecule has 3 atom stereocenters. The summed E-state index contributed by atoms with van der Waals surface area (Å²) in [5.74, 6) is 0. The second-order valence-corrected chi connectivity index (χ2v) is 6.09. The Hall–Kier alpha value is -0.380. The Bertz CT molecular complexity index is 321. The first-order valence-electron chi connectivity index (χ1n) is 6.78. The van der Waals surface area contributed by atoms with Crippen molar-refractivity contribution in [1.82, 2.24) is 4.90 Å². The molecule has 3 unspecified atom stereocenters. The zero-order chi connectivity index (χ0) is 12.3. The summed E-state index contributed by atoms with van der Waals surface area (Å²) in [6.07, 6.45) is 5.29. The number of nitrogens with two attached hydrogens (primary N) is 1. The highest BCUT2D eigenvalue weighted by Gasteiger charge is 2.31. The lowest BCUT2D eigenvalue weighted by Gasteiger charge is -2.42.